The Bertz CT molecular complexity index is 519. The fourth-order valence-electron chi connectivity index (χ4n) is 1.39. The van der Waals surface area contributed by atoms with Gasteiger partial charge in [0.15, 0.2) is 6.10 Å². The van der Waals surface area contributed by atoms with Crippen LogP contribution in [0, 0.1) is 0 Å². The van der Waals surface area contributed by atoms with E-state index in [1.54, 1.807) is 0 Å². The Labute approximate surface area is 117 Å². The van der Waals surface area contributed by atoms with Gasteiger partial charge in [0.05, 0.1) is 5.56 Å². The Morgan fingerprint density at radius 2 is 1.95 bits per heavy atom. The third-order valence-corrected chi connectivity index (χ3v) is 2.44. The lowest BCUT2D eigenvalue weighted by atomic mass is 10.2. The average molecular weight is 306 g/mol. The molecule has 0 heterocycles. The molecule has 0 fully saturated rings. The molecule has 21 heavy (non-hydrogen) atoms. The van der Waals surface area contributed by atoms with Gasteiger partial charge in [0, 0.05) is 18.7 Å². The van der Waals surface area contributed by atoms with Crippen molar-refractivity contribution in [2.45, 2.75) is 18.7 Å². The molecular formula is C12H13F3N2O4. The van der Waals surface area contributed by atoms with E-state index in [1.165, 1.54) is 6.07 Å². The summed E-state index contributed by atoms with van der Waals surface area (Å²) in [5, 5.41) is 21.8. The van der Waals surface area contributed by atoms with Crippen LogP contribution in [0.25, 0.3) is 0 Å². The fraction of sp³-hybridized carbons (Fsp3) is 0.333. The van der Waals surface area contributed by atoms with Crippen molar-refractivity contribution in [1.29, 1.82) is 0 Å². The maximum atomic E-state index is 12.5. The smallest absolute Gasteiger partial charge is 0.416 e. The number of urea groups is 1. The molecule has 1 aromatic rings. The maximum Gasteiger partial charge on any atom is 0.416 e. The van der Waals surface area contributed by atoms with E-state index in [2.05, 4.69) is 10.6 Å². The van der Waals surface area contributed by atoms with E-state index in [-0.39, 0.29) is 18.7 Å². The van der Waals surface area contributed by atoms with E-state index in [9.17, 15) is 22.8 Å². The number of anilines is 1. The Hall–Kier alpha value is -2.29. The van der Waals surface area contributed by atoms with Crippen LogP contribution in [0.2, 0.25) is 0 Å². The first kappa shape index (κ1) is 16.8. The number of halogens is 3. The summed E-state index contributed by atoms with van der Waals surface area (Å²) in [6, 6.07) is 3.26. The first-order chi connectivity index (χ1) is 9.70. The molecule has 0 unspecified atom stereocenters. The van der Waals surface area contributed by atoms with Crippen molar-refractivity contribution in [3.8, 4) is 0 Å². The van der Waals surface area contributed by atoms with Crippen LogP contribution in [0.5, 0.6) is 0 Å². The van der Waals surface area contributed by atoms with Gasteiger partial charge in [0.2, 0.25) is 0 Å². The van der Waals surface area contributed by atoms with Gasteiger partial charge < -0.3 is 20.8 Å². The number of benzene rings is 1. The second-order valence-corrected chi connectivity index (χ2v) is 4.10. The standard InChI is InChI=1S/C12H13F3N2O4/c13-12(14,15)7-2-1-3-8(6-7)17-11(21)16-5-4-9(18)10(19)20/h1-3,6,9,18H,4-5H2,(H,19,20)(H2,16,17,21)/t9-/m0/s1. The maximum absolute atomic E-state index is 12.5. The Balaban J connectivity index is 2.50. The summed E-state index contributed by atoms with van der Waals surface area (Å²) in [7, 11) is 0. The molecule has 9 heteroatoms. The van der Waals surface area contributed by atoms with Crippen LogP contribution >= 0.6 is 0 Å². The number of rotatable bonds is 5. The van der Waals surface area contributed by atoms with Crippen LogP contribution in [0.1, 0.15) is 12.0 Å². The van der Waals surface area contributed by atoms with Gasteiger partial charge >= 0.3 is 18.2 Å². The highest BCUT2D eigenvalue weighted by Gasteiger charge is 2.30. The number of aliphatic hydroxyl groups is 1. The number of hydrogen-bond acceptors (Lipinski definition) is 3. The van der Waals surface area contributed by atoms with Gasteiger partial charge in [-0.25, -0.2) is 9.59 Å². The molecule has 1 atom stereocenters. The fourth-order valence-corrected chi connectivity index (χ4v) is 1.39. The minimum absolute atomic E-state index is 0.0545. The molecule has 1 rings (SSSR count). The number of carbonyl (C=O) groups excluding carboxylic acids is 1. The molecule has 2 amide bonds. The Morgan fingerprint density at radius 1 is 1.29 bits per heavy atom. The normalized spacial score (nSPS) is 12.6. The number of hydrogen-bond donors (Lipinski definition) is 4. The Kier molecular flexibility index (Phi) is 5.53. The van der Waals surface area contributed by atoms with Crippen molar-refractivity contribution in [1.82, 2.24) is 5.32 Å². The zero-order valence-corrected chi connectivity index (χ0v) is 10.6. The van der Waals surface area contributed by atoms with Crippen molar-refractivity contribution in [3.63, 3.8) is 0 Å². The van der Waals surface area contributed by atoms with E-state index < -0.39 is 29.8 Å². The van der Waals surface area contributed by atoms with Crippen LogP contribution in [0.4, 0.5) is 23.7 Å². The number of carboxylic acids is 1. The number of amides is 2. The van der Waals surface area contributed by atoms with Crippen molar-refractivity contribution in [2.75, 3.05) is 11.9 Å². The number of nitrogens with one attached hydrogen (secondary N) is 2. The molecule has 0 bridgehead atoms. The van der Waals surface area contributed by atoms with E-state index >= 15 is 0 Å². The second-order valence-electron chi connectivity index (χ2n) is 4.10. The van der Waals surface area contributed by atoms with Gasteiger partial charge in [-0.1, -0.05) is 6.07 Å². The number of carboxylic acid groups (broad SMARTS) is 1. The summed E-state index contributed by atoms with van der Waals surface area (Å²) >= 11 is 0. The largest absolute Gasteiger partial charge is 0.479 e. The predicted octanol–water partition coefficient (Wildman–Crippen LogP) is 1.66. The van der Waals surface area contributed by atoms with Crippen molar-refractivity contribution in [3.05, 3.63) is 29.8 Å². The summed E-state index contributed by atoms with van der Waals surface area (Å²) in [6.07, 6.45) is -6.34. The highest BCUT2D eigenvalue weighted by atomic mass is 19.4. The number of alkyl halides is 3. The Morgan fingerprint density at radius 3 is 2.52 bits per heavy atom. The lowest BCUT2D eigenvalue weighted by Crippen LogP contribution is -2.33. The number of carbonyl (C=O) groups is 2. The van der Waals surface area contributed by atoms with E-state index in [0.717, 1.165) is 18.2 Å². The van der Waals surface area contributed by atoms with Gasteiger partial charge in [-0.15, -0.1) is 0 Å². The molecule has 116 valence electrons. The molecule has 6 nitrogen and oxygen atoms in total. The van der Waals surface area contributed by atoms with Gasteiger partial charge in [-0.05, 0) is 18.2 Å². The lowest BCUT2D eigenvalue weighted by molar-refractivity contribution is -0.146. The average Bonchev–Trinajstić information content (AvgIpc) is 2.37. The summed E-state index contributed by atoms with van der Waals surface area (Å²) in [4.78, 5) is 21.7. The van der Waals surface area contributed by atoms with E-state index in [1.807, 2.05) is 0 Å². The topological polar surface area (TPSA) is 98.7 Å². The first-order valence-electron chi connectivity index (χ1n) is 5.83. The highest BCUT2D eigenvalue weighted by molar-refractivity contribution is 5.89. The summed E-state index contributed by atoms with van der Waals surface area (Å²) in [5.41, 5.74) is -0.956. The number of aliphatic carboxylic acids is 1. The second kappa shape index (κ2) is 6.93. The number of aliphatic hydroxyl groups excluding tert-OH is 1. The summed E-state index contributed by atoms with van der Waals surface area (Å²) in [5.74, 6) is -1.42. The lowest BCUT2D eigenvalue weighted by Gasteiger charge is -2.11. The molecule has 0 aliphatic heterocycles. The zero-order chi connectivity index (χ0) is 16.0. The quantitative estimate of drug-likeness (QED) is 0.665. The van der Waals surface area contributed by atoms with Gasteiger partial charge in [0.25, 0.3) is 0 Å². The molecule has 0 spiro atoms. The molecule has 4 N–H and O–H groups in total. The van der Waals surface area contributed by atoms with E-state index in [4.69, 9.17) is 10.2 Å². The molecule has 1 aromatic carbocycles. The minimum Gasteiger partial charge on any atom is -0.479 e. The molecule has 0 aliphatic carbocycles. The molecular weight excluding hydrogens is 293 g/mol. The van der Waals surface area contributed by atoms with Crippen molar-refractivity contribution >= 4 is 17.7 Å². The zero-order valence-electron chi connectivity index (χ0n) is 10.6. The predicted molar refractivity (Wildman–Crippen MR) is 66.7 cm³/mol. The first-order valence-corrected chi connectivity index (χ1v) is 5.83. The highest BCUT2D eigenvalue weighted by Crippen LogP contribution is 2.30. The molecule has 0 aliphatic rings. The molecule has 0 aromatic heterocycles. The van der Waals surface area contributed by atoms with Crippen LogP contribution in [-0.2, 0) is 11.0 Å². The summed E-state index contributed by atoms with van der Waals surface area (Å²) in [6.45, 7) is -0.141. The third kappa shape index (κ3) is 5.69. The third-order valence-electron chi connectivity index (χ3n) is 2.44. The molecule has 0 saturated heterocycles. The van der Waals surface area contributed by atoms with Gasteiger partial charge in [-0.2, -0.15) is 13.2 Å². The summed E-state index contributed by atoms with van der Waals surface area (Å²) < 4.78 is 37.4. The van der Waals surface area contributed by atoms with Crippen molar-refractivity contribution < 1.29 is 33.0 Å². The van der Waals surface area contributed by atoms with Crippen LogP contribution < -0.4 is 10.6 Å². The van der Waals surface area contributed by atoms with Gasteiger partial charge in [0.1, 0.15) is 0 Å². The van der Waals surface area contributed by atoms with Gasteiger partial charge in [-0.3, -0.25) is 0 Å². The minimum atomic E-state index is -4.51. The van der Waals surface area contributed by atoms with Crippen LogP contribution in [-0.4, -0.2) is 34.9 Å². The van der Waals surface area contributed by atoms with E-state index in [0.29, 0.717) is 0 Å². The molecule has 0 saturated carbocycles. The monoisotopic (exact) mass is 306 g/mol. The van der Waals surface area contributed by atoms with Crippen molar-refractivity contribution in [2.24, 2.45) is 0 Å². The van der Waals surface area contributed by atoms with Crippen LogP contribution in [0.3, 0.4) is 0 Å². The van der Waals surface area contributed by atoms with Crippen LogP contribution in [0.15, 0.2) is 24.3 Å². The molecule has 0 radical (unpaired) electrons. The SMILES string of the molecule is O=C(NCC[C@H](O)C(=O)O)Nc1cccc(C(F)(F)F)c1.